The standard InChI is InChI=1S/C28H28ClN7O2/c29-22-4-7-24(8-5-22)38-25-3-1-2-21(16-25)18-34-14-10-28(19-34)11-15-35(20-28)27(37)33-23-6-9-26(30-17-23)36-31-12-13-32-36/h1-9,12-13,16-17H,10-11,14-15,18-20H2,(H,33,37). The monoisotopic (exact) mass is 529 g/mol. The first-order chi connectivity index (χ1) is 18.5. The van der Waals surface area contributed by atoms with Gasteiger partial charge < -0.3 is 15.0 Å². The Morgan fingerprint density at radius 1 is 0.974 bits per heavy atom. The molecule has 6 rings (SSSR count). The van der Waals surface area contributed by atoms with E-state index in [0.29, 0.717) is 16.5 Å². The molecule has 1 N–H and O–H groups in total. The minimum Gasteiger partial charge on any atom is -0.457 e. The molecule has 194 valence electrons. The SMILES string of the molecule is O=C(Nc1ccc(-n2nccn2)nc1)N1CCC2(CCN(Cc3cccc(Oc4ccc(Cl)cc4)c3)C2)C1. The van der Waals surface area contributed by atoms with Gasteiger partial charge in [0.05, 0.1) is 24.3 Å². The molecule has 2 aromatic heterocycles. The number of carbonyl (C=O) groups is 1. The van der Waals surface area contributed by atoms with Crippen LogP contribution in [0.3, 0.4) is 0 Å². The van der Waals surface area contributed by atoms with Crippen LogP contribution in [-0.2, 0) is 6.54 Å². The first-order valence-corrected chi connectivity index (χ1v) is 13.0. The summed E-state index contributed by atoms with van der Waals surface area (Å²) in [6.45, 7) is 4.37. The first-order valence-electron chi connectivity index (χ1n) is 12.7. The normalized spacial score (nSPS) is 19.2. The number of hydrogen-bond acceptors (Lipinski definition) is 6. The molecule has 9 nitrogen and oxygen atoms in total. The average molecular weight is 530 g/mol. The van der Waals surface area contributed by atoms with Crippen molar-refractivity contribution in [2.45, 2.75) is 19.4 Å². The van der Waals surface area contributed by atoms with E-state index in [1.807, 2.05) is 47.4 Å². The number of pyridine rings is 1. The van der Waals surface area contributed by atoms with Crippen molar-refractivity contribution in [1.82, 2.24) is 29.8 Å². The first kappa shape index (κ1) is 24.4. The van der Waals surface area contributed by atoms with E-state index >= 15 is 0 Å². The molecule has 1 spiro atoms. The lowest BCUT2D eigenvalue weighted by Crippen LogP contribution is -2.36. The van der Waals surface area contributed by atoms with Gasteiger partial charge >= 0.3 is 6.03 Å². The summed E-state index contributed by atoms with van der Waals surface area (Å²) < 4.78 is 6.01. The topological polar surface area (TPSA) is 88.4 Å². The Morgan fingerprint density at radius 3 is 2.58 bits per heavy atom. The number of ether oxygens (including phenoxy) is 1. The molecule has 38 heavy (non-hydrogen) atoms. The molecule has 4 aromatic rings. The van der Waals surface area contributed by atoms with Crippen molar-refractivity contribution in [2.75, 3.05) is 31.5 Å². The number of carbonyl (C=O) groups excluding carboxylic acids is 1. The Morgan fingerprint density at radius 2 is 1.79 bits per heavy atom. The molecule has 2 amide bonds. The van der Waals surface area contributed by atoms with E-state index in [9.17, 15) is 4.79 Å². The highest BCUT2D eigenvalue weighted by atomic mass is 35.5. The number of amides is 2. The zero-order valence-electron chi connectivity index (χ0n) is 20.8. The highest BCUT2D eigenvalue weighted by molar-refractivity contribution is 6.30. The summed E-state index contributed by atoms with van der Waals surface area (Å²) in [6.07, 6.45) is 6.92. The molecule has 2 saturated heterocycles. The van der Waals surface area contributed by atoms with Crippen molar-refractivity contribution in [1.29, 1.82) is 0 Å². The van der Waals surface area contributed by atoms with E-state index in [0.717, 1.165) is 57.1 Å². The summed E-state index contributed by atoms with van der Waals surface area (Å²) in [5.74, 6) is 2.17. The molecule has 2 fully saturated rings. The molecule has 4 heterocycles. The second kappa shape index (κ2) is 10.4. The fourth-order valence-corrected chi connectivity index (χ4v) is 5.45. The summed E-state index contributed by atoms with van der Waals surface area (Å²) in [5, 5.41) is 11.8. The lowest BCUT2D eigenvalue weighted by atomic mass is 9.86. The van der Waals surface area contributed by atoms with Crippen LogP contribution in [0.1, 0.15) is 18.4 Å². The summed E-state index contributed by atoms with van der Waals surface area (Å²) in [5.41, 5.74) is 2.01. The Kier molecular flexibility index (Phi) is 6.70. The maximum absolute atomic E-state index is 13.0. The summed E-state index contributed by atoms with van der Waals surface area (Å²) in [7, 11) is 0. The predicted molar refractivity (Wildman–Crippen MR) is 145 cm³/mol. The maximum Gasteiger partial charge on any atom is 0.321 e. The van der Waals surface area contributed by atoms with Gasteiger partial charge in [0.15, 0.2) is 5.82 Å². The van der Waals surface area contributed by atoms with Gasteiger partial charge in [0, 0.05) is 36.6 Å². The van der Waals surface area contributed by atoms with Crippen LogP contribution in [0, 0.1) is 5.41 Å². The molecule has 0 aliphatic carbocycles. The number of urea groups is 1. The molecule has 0 bridgehead atoms. The fourth-order valence-electron chi connectivity index (χ4n) is 5.32. The number of likely N-dealkylation sites (tertiary alicyclic amines) is 2. The van der Waals surface area contributed by atoms with Gasteiger partial charge in [0.2, 0.25) is 0 Å². The number of benzene rings is 2. The number of aromatic nitrogens is 4. The molecule has 0 saturated carbocycles. The largest absolute Gasteiger partial charge is 0.457 e. The molecule has 1 unspecified atom stereocenters. The summed E-state index contributed by atoms with van der Waals surface area (Å²) in [4.78, 5) is 23.1. The highest BCUT2D eigenvalue weighted by Gasteiger charge is 2.44. The lowest BCUT2D eigenvalue weighted by molar-refractivity contribution is 0.210. The van der Waals surface area contributed by atoms with E-state index in [1.165, 1.54) is 10.4 Å². The third kappa shape index (κ3) is 5.49. The molecular formula is C28H28ClN7O2. The molecular weight excluding hydrogens is 502 g/mol. The van der Waals surface area contributed by atoms with E-state index < -0.39 is 0 Å². The Balaban J connectivity index is 1.02. The van der Waals surface area contributed by atoms with E-state index in [2.05, 4.69) is 37.5 Å². The van der Waals surface area contributed by atoms with Gasteiger partial charge in [-0.05, 0) is 73.5 Å². The van der Waals surface area contributed by atoms with Gasteiger partial charge in [-0.1, -0.05) is 23.7 Å². The number of nitrogens with zero attached hydrogens (tertiary/aromatic N) is 6. The van der Waals surface area contributed by atoms with Gasteiger partial charge in [0.25, 0.3) is 0 Å². The van der Waals surface area contributed by atoms with Crippen molar-refractivity contribution in [3.05, 3.63) is 89.8 Å². The number of hydrogen-bond donors (Lipinski definition) is 1. The van der Waals surface area contributed by atoms with Gasteiger partial charge in [-0.15, -0.1) is 4.80 Å². The van der Waals surface area contributed by atoms with Gasteiger partial charge in [-0.25, -0.2) is 9.78 Å². The van der Waals surface area contributed by atoms with Crippen molar-refractivity contribution in [2.24, 2.45) is 5.41 Å². The highest BCUT2D eigenvalue weighted by Crippen LogP contribution is 2.40. The number of halogens is 1. The minimum atomic E-state index is -0.0841. The molecule has 0 radical (unpaired) electrons. The molecule has 2 aliphatic rings. The van der Waals surface area contributed by atoms with E-state index in [1.54, 1.807) is 24.7 Å². The molecule has 10 heteroatoms. The average Bonchev–Trinajstić information content (AvgIpc) is 3.69. The molecule has 2 aromatic carbocycles. The van der Waals surface area contributed by atoms with Crippen LogP contribution in [0.2, 0.25) is 5.02 Å². The van der Waals surface area contributed by atoms with E-state index in [4.69, 9.17) is 16.3 Å². The van der Waals surface area contributed by atoms with Crippen molar-refractivity contribution >= 4 is 23.3 Å². The van der Waals surface area contributed by atoms with Gasteiger partial charge in [-0.2, -0.15) is 10.2 Å². The quantitative estimate of drug-likeness (QED) is 0.367. The van der Waals surface area contributed by atoms with Crippen LogP contribution in [0.15, 0.2) is 79.3 Å². The van der Waals surface area contributed by atoms with Crippen LogP contribution in [-0.4, -0.2) is 62.0 Å². The van der Waals surface area contributed by atoms with Crippen LogP contribution in [0.25, 0.3) is 5.82 Å². The summed E-state index contributed by atoms with van der Waals surface area (Å²) in [6, 6.07) is 19.1. The third-order valence-electron chi connectivity index (χ3n) is 7.22. The second-order valence-electron chi connectivity index (χ2n) is 9.99. The predicted octanol–water partition coefficient (Wildman–Crippen LogP) is 5.24. The van der Waals surface area contributed by atoms with Crippen molar-refractivity contribution < 1.29 is 9.53 Å². The number of nitrogens with one attached hydrogen (secondary N) is 1. The maximum atomic E-state index is 13.0. The van der Waals surface area contributed by atoms with Gasteiger partial charge in [-0.3, -0.25) is 4.90 Å². The molecule has 1 atom stereocenters. The van der Waals surface area contributed by atoms with Crippen LogP contribution in [0.4, 0.5) is 10.5 Å². The second-order valence-corrected chi connectivity index (χ2v) is 10.4. The summed E-state index contributed by atoms with van der Waals surface area (Å²) >= 11 is 5.98. The Hall–Kier alpha value is -3.95. The van der Waals surface area contributed by atoms with Crippen LogP contribution < -0.4 is 10.1 Å². The van der Waals surface area contributed by atoms with Crippen molar-refractivity contribution in [3.63, 3.8) is 0 Å². The zero-order chi connectivity index (χ0) is 26.0. The van der Waals surface area contributed by atoms with Gasteiger partial charge in [0.1, 0.15) is 11.5 Å². The van der Waals surface area contributed by atoms with E-state index in [-0.39, 0.29) is 11.4 Å². The Labute approximate surface area is 226 Å². The number of anilines is 1. The zero-order valence-corrected chi connectivity index (χ0v) is 21.6. The van der Waals surface area contributed by atoms with Crippen molar-refractivity contribution in [3.8, 4) is 17.3 Å². The third-order valence-corrected chi connectivity index (χ3v) is 7.47. The number of rotatable bonds is 6. The fraction of sp³-hybridized carbons (Fsp3) is 0.286. The van der Waals surface area contributed by atoms with Crippen LogP contribution in [0.5, 0.6) is 11.5 Å². The minimum absolute atomic E-state index is 0.0841. The lowest BCUT2D eigenvalue weighted by Gasteiger charge is -2.25. The smallest absolute Gasteiger partial charge is 0.321 e. The van der Waals surface area contributed by atoms with Crippen LogP contribution >= 0.6 is 11.6 Å². The molecule has 2 aliphatic heterocycles. The Bertz CT molecular complexity index is 1400.